The Hall–Kier alpha value is -3.99. The highest BCUT2D eigenvalue weighted by molar-refractivity contribution is 6.01. The molecule has 0 aromatic heterocycles. The van der Waals surface area contributed by atoms with E-state index < -0.39 is 16.7 Å². The maximum Gasteiger partial charge on any atom is 0.270 e. The lowest BCUT2D eigenvalue weighted by atomic mass is 10.1. The largest absolute Gasteiger partial charge is 0.336 e. The molecule has 30 heavy (non-hydrogen) atoms. The fourth-order valence-corrected chi connectivity index (χ4v) is 2.81. The number of nitro groups is 1. The quantitative estimate of drug-likeness (QED) is 0.390. The number of carbonyl (C=O) groups excluding carboxylic acids is 2. The minimum Gasteiger partial charge on any atom is -0.336 e. The molecular formula is C22H22N4O4. The van der Waals surface area contributed by atoms with E-state index in [1.807, 2.05) is 36.4 Å². The second-order valence-electron chi connectivity index (χ2n) is 6.53. The summed E-state index contributed by atoms with van der Waals surface area (Å²) >= 11 is 0. The van der Waals surface area contributed by atoms with E-state index in [0.717, 1.165) is 5.56 Å². The van der Waals surface area contributed by atoms with Crippen LogP contribution in [0.25, 0.3) is 6.08 Å². The van der Waals surface area contributed by atoms with Crippen molar-refractivity contribution in [3.63, 3.8) is 0 Å². The number of non-ortho nitro benzene ring substituents is 1. The standard InChI is InChI=1S/C22H22N4O4/c1-17(27)24-21(16-19-9-5-10-20(15-19)26(29)30)22(28)25(13-6-12-23)14-11-18-7-3-2-4-8-18/h2-5,7-10,15-16H,6,11,13-14H2,1H3,(H,24,27)/b21-16-. The molecule has 2 aromatic rings. The van der Waals surface area contributed by atoms with E-state index >= 15 is 0 Å². The number of hydrogen-bond acceptors (Lipinski definition) is 5. The highest BCUT2D eigenvalue weighted by atomic mass is 16.6. The highest BCUT2D eigenvalue weighted by Crippen LogP contribution is 2.16. The molecule has 154 valence electrons. The van der Waals surface area contributed by atoms with E-state index in [1.165, 1.54) is 36.1 Å². The molecule has 0 heterocycles. The second-order valence-corrected chi connectivity index (χ2v) is 6.53. The predicted octanol–water partition coefficient (Wildman–Crippen LogP) is 3.06. The number of benzene rings is 2. The molecule has 2 amide bonds. The van der Waals surface area contributed by atoms with Gasteiger partial charge in [-0.25, -0.2) is 0 Å². The maximum atomic E-state index is 13.1. The number of carbonyl (C=O) groups is 2. The Morgan fingerprint density at radius 3 is 2.53 bits per heavy atom. The summed E-state index contributed by atoms with van der Waals surface area (Å²) in [6.07, 6.45) is 2.13. The summed E-state index contributed by atoms with van der Waals surface area (Å²) in [7, 11) is 0. The van der Waals surface area contributed by atoms with Gasteiger partial charge >= 0.3 is 0 Å². The first-order valence-corrected chi connectivity index (χ1v) is 9.34. The van der Waals surface area contributed by atoms with E-state index in [1.54, 1.807) is 6.07 Å². The Kier molecular flexibility index (Phi) is 8.27. The fraction of sp³-hybridized carbons (Fsp3) is 0.227. The summed E-state index contributed by atoms with van der Waals surface area (Å²) < 4.78 is 0. The van der Waals surface area contributed by atoms with Crippen molar-refractivity contribution in [2.45, 2.75) is 19.8 Å². The minimum atomic E-state index is -0.531. The van der Waals surface area contributed by atoms with Crippen molar-refractivity contribution in [1.82, 2.24) is 10.2 Å². The van der Waals surface area contributed by atoms with Gasteiger partial charge in [0.2, 0.25) is 5.91 Å². The van der Waals surface area contributed by atoms with E-state index in [2.05, 4.69) is 5.32 Å². The number of hydrogen-bond donors (Lipinski definition) is 1. The number of nitriles is 1. The third-order valence-corrected chi connectivity index (χ3v) is 4.23. The van der Waals surface area contributed by atoms with Crippen LogP contribution in [0.2, 0.25) is 0 Å². The molecule has 8 heteroatoms. The van der Waals surface area contributed by atoms with Gasteiger partial charge in [-0.15, -0.1) is 0 Å². The Bertz CT molecular complexity index is 980. The SMILES string of the molecule is CC(=O)N/C(=C\c1cccc([N+](=O)[O-])c1)C(=O)N(CCC#N)CCc1ccccc1. The zero-order valence-corrected chi connectivity index (χ0v) is 16.6. The van der Waals surface area contributed by atoms with Crippen molar-refractivity contribution in [2.75, 3.05) is 13.1 Å². The number of rotatable bonds is 9. The van der Waals surface area contributed by atoms with Crippen molar-refractivity contribution < 1.29 is 14.5 Å². The summed E-state index contributed by atoms with van der Waals surface area (Å²) in [4.78, 5) is 36.8. The predicted molar refractivity (Wildman–Crippen MR) is 112 cm³/mol. The van der Waals surface area contributed by atoms with Gasteiger partial charge in [-0.05, 0) is 23.6 Å². The van der Waals surface area contributed by atoms with Crippen LogP contribution in [0.3, 0.4) is 0 Å². The summed E-state index contributed by atoms with van der Waals surface area (Å²) in [5.41, 5.74) is 1.32. The average molecular weight is 406 g/mol. The van der Waals surface area contributed by atoms with Gasteiger partial charge in [-0.3, -0.25) is 19.7 Å². The number of nitrogens with zero attached hydrogens (tertiary/aromatic N) is 3. The average Bonchev–Trinajstić information content (AvgIpc) is 2.73. The van der Waals surface area contributed by atoms with E-state index in [9.17, 15) is 19.7 Å². The molecule has 0 atom stereocenters. The van der Waals surface area contributed by atoms with Gasteiger partial charge < -0.3 is 10.2 Å². The summed E-state index contributed by atoms with van der Waals surface area (Å²) in [6.45, 7) is 1.84. The molecule has 0 radical (unpaired) electrons. The van der Waals surface area contributed by atoms with E-state index in [0.29, 0.717) is 18.5 Å². The molecule has 0 aliphatic rings. The summed E-state index contributed by atoms with van der Waals surface area (Å²) in [5, 5.41) is 22.5. The highest BCUT2D eigenvalue weighted by Gasteiger charge is 2.19. The lowest BCUT2D eigenvalue weighted by Gasteiger charge is -2.23. The first kappa shape index (κ1) is 22.3. The third-order valence-electron chi connectivity index (χ3n) is 4.23. The Morgan fingerprint density at radius 1 is 1.17 bits per heavy atom. The van der Waals surface area contributed by atoms with E-state index in [4.69, 9.17) is 5.26 Å². The van der Waals surface area contributed by atoms with Crippen molar-refractivity contribution in [3.8, 4) is 6.07 Å². The zero-order valence-electron chi connectivity index (χ0n) is 16.6. The second kappa shape index (κ2) is 11.1. The maximum absolute atomic E-state index is 13.1. The number of nitrogens with one attached hydrogen (secondary N) is 1. The summed E-state index contributed by atoms with van der Waals surface area (Å²) in [5.74, 6) is -0.897. The summed E-state index contributed by atoms with van der Waals surface area (Å²) in [6, 6.07) is 17.4. The van der Waals surface area contributed by atoms with Gasteiger partial charge in [0.25, 0.3) is 11.6 Å². The van der Waals surface area contributed by atoms with Gasteiger partial charge in [0.05, 0.1) is 17.4 Å². The van der Waals surface area contributed by atoms with Crippen molar-refractivity contribution in [3.05, 3.63) is 81.5 Å². The van der Waals surface area contributed by atoms with Crippen LogP contribution >= 0.6 is 0 Å². The number of nitro benzene ring substituents is 1. The van der Waals surface area contributed by atoms with Crippen LogP contribution in [-0.2, 0) is 16.0 Å². The van der Waals surface area contributed by atoms with E-state index in [-0.39, 0.29) is 24.4 Å². The lowest BCUT2D eigenvalue weighted by molar-refractivity contribution is -0.384. The van der Waals surface area contributed by atoms with Crippen LogP contribution < -0.4 is 5.32 Å². The smallest absolute Gasteiger partial charge is 0.270 e. The van der Waals surface area contributed by atoms with Crippen LogP contribution in [0.15, 0.2) is 60.3 Å². The molecular weight excluding hydrogens is 384 g/mol. The van der Waals surface area contributed by atoms with Crippen LogP contribution in [-0.4, -0.2) is 34.7 Å². The Labute approximate surface area is 174 Å². The first-order valence-electron chi connectivity index (χ1n) is 9.34. The molecule has 0 spiro atoms. The van der Waals surface area contributed by atoms with Gasteiger partial charge in [0.15, 0.2) is 0 Å². The first-order chi connectivity index (χ1) is 14.4. The van der Waals surface area contributed by atoms with Crippen LogP contribution in [0.1, 0.15) is 24.5 Å². The molecule has 0 bridgehead atoms. The van der Waals surface area contributed by atoms with Gasteiger partial charge in [0.1, 0.15) is 5.70 Å². The fourth-order valence-electron chi connectivity index (χ4n) is 2.81. The molecule has 0 saturated carbocycles. The lowest BCUT2D eigenvalue weighted by Crippen LogP contribution is -2.39. The monoisotopic (exact) mass is 406 g/mol. The number of amides is 2. The van der Waals surface area contributed by atoms with Crippen molar-refractivity contribution >= 4 is 23.6 Å². The molecule has 0 aliphatic heterocycles. The Morgan fingerprint density at radius 2 is 1.90 bits per heavy atom. The third kappa shape index (κ3) is 6.87. The Balaban J connectivity index is 2.30. The van der Waals surface area contributed by atoms with Crippen LogP contribution in [0.4, 0.5) is 5.69 Å². The van der Waals surface area contributed by atoms with Crippen LogP contribution in [0, 0.1) is 21.4 Å². The van der Waals surface area contributed by atoms with Gasteiger partial charge in [0, 0.05) is 32.1 Å². The van der Waals surface area contributed by atoms with Crippen molar-refractivity contribution in [1.29, 1.82) is 5.26 Å². The van der Waals surface area contributed by atoms with Crippen LogP contribution in [0.5, 0.6) is 0 Å². The molecule has 0 unspecified atom stereocenters. The molecule has 2 aromatic carbocycles. The van der Waals surface area contributed by atoms with Gasteiger partial charge in [-0.2, -0.15) is 5.26 Å². The topological polar surface area (TPSA) is 116 Å². The molecule has 0 saturated heterocycles. The minimum absolute atomic E-state index is 0.00556. The molecule has 1 N–H and O–H groups in total. The molecule has 8 nitrogen and oxygen atoms in total. The molecule has 0 aliphatic carbocycles. The molecule has 2 rings (SSSR count). The van der Waals surface area contributed by atoms with Gasteiger partial charge in [-0.1, -0.05) is 42.5 Å². The molecule has 0 fully saturated rings. The van der Waals surface area contributed by atoms with Crippen molar-refractivity contribution in [2.24, 2.45) is 0 Å². The zero-order chi connectivity index (χ0) is 21.9. The normalized spacial score (nSPS) is 10.7.